The van der Waals surface area contributed by atoms with Crippen molar-refractivity contribution in [2.24, 2.45) is 0 Å². The second-order valence-corrected chi connectivity index (χ2v) is 6.22. The van der Waals surface area contributed by atoms with Crippen molar-refractivity contribution >= 4 is 33.9 Å². The Morgan fingerprint density at radius 2 is 2.19 bits per heavy atom. The standard InChI is InChI=1S/C14H18N4O2S/c1-9(19)16(3)14-15-12(13-18(14)7-8-21-13)11-5-4-6-17(11)10(2)20/h7-8,11H,4-6H2,1-3H3/t11-/m0/s1. The summed E-state index contributed by atoms with van der Waals surface area (Å²) >= 11 is 1.59. The second kappa shape index (κ2) is 5.14. The molecule has 2 aromatic rings. The highest BCUT2D eigenvalue weighted by atomic mass is 32.1. The molecule has 1 atom stereocenters. The van der Waals surface area contributed by atoms with Gasteiger partial charge in [-0.15, -0.1) is 11.3 Å². The quantitative estimate of drug-likeness (QED) is 0.853. The monoisotopic (exact) mass is 306 g/mol. The average Bonchev–Trinajstić information content (AvgIpc) is 3.12. The number of rotatable bonds is 2. The van der Waals surface area contributed by atoms with Crippen molar-refractivity contribution in [3.63, 3.8) is 0 Å². The van der Waals surface area contributed by atoms with Crippen LogP contribution < -0.4 is 4.90 Å². The van der Waals surface area contributed by atoms with Crippen LogP contribution in [0.4, 0.5) is 5.95 Å². The zero-order chi connectivity index (χ0) is 15.1. The van der Waals surface area contributed by atoms with Crippen molar-refractivity contribution in [1.29, 1.82) is 0 Å². The van der Waals surface area contributed by atoms with Gasteiger partial charge in [0.25, 0.3) is 0 Å². The summed E-state index contributed by atoms with van der Waals surface area (Å²) in [5.41, 5.74) is 0.904. The van der Waals surface area contributed by atoms with Gasteiger partial charge in [0.15, 0.2) is 0 Å². The molecule has 1 aliphatic rings. The average molecular weight is 306 g/mol. The molecular weight excluding hydrogens is 288 g/mol. The Kier molecular flexibility index (Phi) is 3.44. The van der Waals surface area contributed by atoms with Crippen molar-refractivity contribution in [3.05, 3.63) is 17.3 Å². The van der Waals surface area contributed by atoms with Crippen molar-refractivity contribution in [1.82, 2.24) is 14.3 Å². The van der Waals surface area contributed by atoms with Gasteiger partial charge >= 0.3 is 0 Å². The van der Waals surface area contributed by atoms with Crippen LogP contribution in [0.1, 0.15) is 38.4 Å². The molecule has 0 unspecified atom stereocenters. The molecule has 7 heteroatoms. The van der Waals surface area contributed by atoms with Gasteiger partial charge in [0.1, 0.15) is 10.5 Å². The molecule has 0 radical (unpaired) electrons. The molecule has 0 bridgehead atoms. The lowest BCUT2D eigenvalue weighted by Crippen LogP contribution is -2.28. The van der Waals surface area contributed by atoms with Crippen molar-refractivity contribution in [3.8, 4) is 0 Å². The summed E-state index contributed by atoms with van der Waals surface area (Å²) in [5, 5.41) is 1.98. The van der Waals surface area contributed by atoms with E-state index in [1.165, 1.54) is 11.8 Å². The van der Waals surface area contributed by atoms with Crippen LogP contribution in [-0.2, 0) is 9.59 Å². The molecule has 0 aromatic carbocycles. The van der Waals surface area contributed by atoms with Crippen LogP contribution in [0.3, 0.4) is 0 Å². The summed E-state index contributed by atoms with van der Waals surface area (Å²) in [6.45, 7) is 3.90. The molecule has 0 spiro atoms. The second-order valence-electron chi connectivity index (χ2n) is 5.32. The van der Waals surface area contributed by atoms with E-state index < -0.39 is 0 Å². The van der Waals surface area contributed by atoms with Crippen molar-refractivity contribution < 1.29 is 9.59 Å². The van der Waals surface area contributed by atoms with Gasteiger partial charge in [0, 0.05) is 39.0 Å². The predicted octanol–water partition coefficient (Wildman–Crippen LogP) is 2.06. The molecule has 3 heterocycles. The topological polar surface area (TPSA) is 57.9 Å². The summed E-state index contributed by atoms with van der Waals surface area (Å²) in [5.74, 6) is 0.635. The molecule has 2 aromatic heterocycles. The van der Waals surface area contributed by atoms with Crippen LogP contribution in [0, 0.1) is 0 Å². The fourth-order valence-corrected chi connectivity index (χ4v) is 3.72. The molecule has 0 aliphatic carbocycles. The number of anilines is 1. The zero-order valence-corrected chi connectivity index (χ0v) is 13.2. The normalized spacial score (nSPS) is 18.4. The van der Waals surface area contributed by atoms with Gasteiger partial charge in [0.05, 0.1) is 6.04 Å². The predicted molar refractivity (Wildman–Crippen MR) is 81.5 cm³/mol. The minimum Gasteiger partial charge on any atom is -0.334 e. The molecular formula is C14H18N4O2S. The van der Waals surface area contributed by atoms with E-state index in [0.717, 1.165) is 29.9 Å². The molecule has 1 aliphatic heterocycles. The largest absolute Gasteiger partial charge is 0.334 e. The lowest BCUT2D eigenvalue weighted by atomic mass is 10.1. The highest BCUT2D eigenvalue weighted by Crippen LogP contribution is 2.37. The van der Waals surface area contributed by atoms with Crippen LogP contribution in [0.15, 0.2) is 11.6 Å². The maximum Gasteiger partial charge on any atom is 0.225 e. The fourth-order valence-electron chi connectivity index (χ4n) is 2.85. The summed E-state index contributed by atoms with van der Waals surface area (Å²) in [7, 11) is 1.72. The minimum atomic E-state index is -0.0607. The molecule has 0 N–H and O–H groups in total. The first-order chi connectivity index (χ1) is 10.0. The molecule has 21 heavy (non-hydrogen) atoms. The van der Waals surface area contributed by atoms with Gasteiger partial charge < -0.3 is 4.90 Å². The highest BCUT2D eigenvalue weighted by Gasteiger charge is 2.32. The van der Waals surface area contributed by atoms with Gasteiger partial charge in [-0.05, 0) is 12.8 Å². The number of nitrogens with zero attached hydrogens (tertiary/aromatic N) is 4. The molecule has 1 fully saturated rings. The SMILES string of the molecule is CC(=O)N(C)c1nc([C@@H]2CCCN2C(C)=O)c2sccn12. The third-order valence-corrected chi connectivity index (χ3v) is 4.90. The molecule has 3 rings (SSSR count). The first kappa shape index (κ1) is 14.1. The van der Waals surface area contributed by atoms with Gasteiger partial charge in [-0.2, -0.15) is 0 Å². The van der Waals surface area contributed by atoms with Gasteiger partial charge in [-0.25, -0.2) is 4.98 Å². The number of fused-ring (bicyclic) bond motifs is 1. The Labute approximate surface area is 127 Å². The van der Waals surface area contributed by atoms with Crippen LogP contribution in [0.2, 0.25) is 0 Å². The number of imidazole rings is 1. The fraction of sp³-hybridized carbons (Fsp3) is 0.500. The number of likely N-dealkylation sites (tertiary alicyclic amines) is 1. The Hall–Kier alpha value is -1.89. The summed E-state index contributed by atoms with van der Waals surface area (Å²) in [4.78, 5) is 32.5. The first-order valence-electron chi connectivity index (χ1n) is 6.97. The Morgan fingerprint density at radius 1 is 1.43 bits per heavy atom. The Bertz CT molecular complexity index is 705. The van der Waals surface area contributed by atoms with Crippen molar-refractivity contribution in [2.75, 3.05) is 18.5 Å². The van der Waals surface area contributed by atoms with Crippen LogP contribution in [0.25, 0.3) is 4.83 Å². The van der Waals surface area contributed by atoms with Crippen molar-refractivity contribution in [2.45, 2.75) is 32.7 Å². The maximum atomic E-state index is 11.8. The minimum absolute atomic E-state index is 0.0188. The first-order valence-corrected chi connectivity index (χ1v) is 7.85. The van der Waals surface area contributed by atoms with E-state index in [0.29, 0.717) is 5.95 Å². The molecule has 6 nitrogen and oxygen atoms in total. The number of thiazole rings is 1. The van der Waals surface area contributed by atoms with Crippen LogP contribution in [-0.4, -0.2) is 39.7 Å². The van der Waals surface area contributed by atoms with E-state index in [1.807, 2.05) is 20.9 Å². The lowest BCUT2D eigenvalue weighted by molar-refractivity contribution is -0.129. The third kappa shape index (κ3) is 2.21. The Morgan fingerprint density at radius 3 is 2.86 bits per heavy atom. The molecule has 2 amide bonds. The van der Waals surface area contributed by atoms with E-state index in [-0.39, 0.29) is 17.9 Å². The molecule has 0 saturated carbocycles. The zero-order valence-electron chi connectivity index (χ0n) is 12.4. The number of amides is 2. The number of carbonyl (C=O) groups excluding carboxylic acids is 2. The molecule has 112 valence electrons. The van der Waals surface area contributed by atoms with E-state index in [2.05, 4.69) is 4.98 Å². The molecule has 1 saturated heterocycles. The smallest absolute Gasteiger partial charge is 0.225 e. The van der Waals surface area contributed by atoms with E-state index in [4.69, 9.17) is 0 Å². The summed E-state index contributed by atoms with van der Waals surface area (Å²) in [6.07, 6.45) is 3.83. The highest BCUT2D eigenvalue weighted by molar-refractivity contribution is 7.15. The van der Waals surface area contributed by atoms with Gasteiger partial charge in [-0.3, -0.25) is 18.9 Å². The van der Waals surface area contributed by atoms with E-state index >= 15 is 0 Å². The summed E-state index contributed by atoms with van der Waals surface area (Å²) < 4.78 is 1.93. The van der Waals surface area contributed by atoms with Crippen LogP contribution in [0.5, 0.6) is 0 Å². The Balaban J connectivity index is 2.09. The van der Waals surface area contributed by atoms with Gasteiger partial charge in [0.2, 0.25) is 17.8 Å². The number of hydrogen-bond donors (Lipinski definition) is 0. The number of carbonyl (C=O) groups is 2. The van der Waals surface area contributed by atoms with E-state index in [1.54, 1.807) is 25.3 Å². The van der Waals surface area contributed by atoms with Gasteiger partial charge in [-0.1, -0.05) is 0 Å². The maximum absolute atomic E-state index is 11.8. The summed E-state index contributed by atoms with van der Waals surface area (Å²) in [6, 6.07) is 0.0188. The number of hydrogen-bond acceptors (Lipinski definition) is 4. The number of aromatic nitrogens is 2. The third-order valence-electron chi connectivity index (χ3n) is 4.01. The van der Waals surface area contributed by atoms with Crippen LogP contribution >= 0.6 is 11.3 Å². The van der Waals surface area contributed by atoms with E-state index in [9.17, 15) is 9.59 Å². The lowest BCUT2D eigenvalue weighted by Gasteiger charge is -2.21.